The largest absolute Gasteiger partial charge is 0.348 e. The van der Waals surface area contributed by atoms with E-state index in [1.54, 1.807) is 42.5 Å². The van der Waals surface area contributed by atoms with Crippen LogP contribution >= 0.6 is 23.2 Å². The molecular formula is C23H15Cl2F2N3O. The van der Waals surface area contributed by atoms with Crippen LogP contribution in [0.25, 0.3) is 22.5 Å². The molecule has 31 heavy (non-hydrogen) atoms. The molecule has 2 N–H and O–H groups in total. The number of H-pyrrole nitrogens is 1. The van der Waals surface area contributed by atoms with Crippen LogP contribution in [-0.2, 0) is 6.54 Å². The van der Waals surface area contributed by atoms with Crippen LogP contribution in [0.1, 0.15) is 15.9 Å². The number of benzene rings is 3. The van der Waals surface area contributed by atoms with Crippen LogP contribution in [0.3, 0.4) is 0 Å². The van der Waals surface area contributed by atoms with E-state index in [4.69, 9.17) is 23.2 Å². The summed E-state index contributed by atoms with van der Waals surface area (Å²) < 4.78 is 26.5. The van der Waals surface area contributed by atoms with E-state index in [1.165, 1.54) is 12.1 Å². The molecule has 0 aliphatic carbocycles. The van der Waals surface area contributed by atoms with Gasteiger partial charge in [-0.15, -0.1) is 0 Å². The topological polar surface area (TPSA) is 57.8 Å². The van der Waals surface area contributed by atoms with E-state index in [1.807, 2.05) is 6.07 Å². The summed E-state index contributed by atoms with van der Waals surface area (Å²) in [5, 5.41) is 11.0. The molecule has 0 spiro atoms. The minimum atomic E-state index is -0.688. The summed E-state index contributed by atoms with van der Waals surface area (Å²) in [6.07, 6.45) is 0. The third-order valence-corrected chi connectivity index (χ3v) is 5.17. The molecule has 0 unspecified atom stereocenters. The van der Waals surface area contributed by atoms with Gasteiger partial charge in [0.2, 0.25) is 0 Å². The predicted molar refractivity (Wildman–Crippen MR) is 117 cm³/mol. The molecule has 1 heterocycles. The Hall–Kier alpha value is -3.22. The summed E-state index contributed by atoms with van der Waals surface area (Å²) in [6, 6.07) is 17.0. The van der Waals surface area contributed by atoms with E-state index in [9.17, 15) is 13.6 Å². The molecule has 1 amide bonds. The lowest BCUT2D eigenvalue weighted by molar-refractivity contribution is 0.0951. The van der Waals surface area contributed by atoms with Crippen LogP contribution in [0, 0.1) is 11.6 Å². The molecule has 8 heteroatoms. The number of carbonyl (C=O) groups is 1. The molecule has 4 nitrogen and oxygen atoms in total. The summed E-state index contributed by atoms with van der Waals surface area (Å²) in [4.78, 5) is 12.3. The van der Waals surface area contributed by atoms with Crippen molar-refractivity contribution in [2.75, 3.05) is 0 Å². The number of hydrogen-bond acceptors (Lipinski definition) is 2. The highest BCUT2D eigenvalue weighted by molar-refractivity contribution is 6.36. The predicted octanol–water partition coefficient (Wildman–Crippen LogP) is 6.26. The highest BCUT2D eigenvalue weighted by Crippen LogP contribution is 2.31. The van der Waals surface area contributed by atoms with Crippen molar-refractivity contribution < 1.29 is 13.6 Å². The molecule has 4 aromatic rings. The highest BCUT2D eigenvalue weighted by Gasteiger charge is 2.11. The van der Waals surface area contributed by atoms with Gasteiger partial charge in [-0.3, -0.25) is 9.89 Å². The molecule has 0 saturated carbocycles. The minimum Gasteiger partial charge on any atom is -0.348 e. The minimum absolute atomic E-state index is 0.0137. The smallest absolute Gasteiger partial charge is 0.251 e. The van der Waals surface area contributed by atoms with Gasteiger partial charge in [-0.25, -0.2) is 8.78 Å². The van der Waals surface area contributed by atoms with Gasteiger partial charge in [-0.05, 0) is 54.1 Å². The van der Waals surface area contributed by atoms with E-state index in [0.717, 1.165) is 22.9 Å². The van der Waals surface area contributed by atoms with Crippen LogP contribution in [0.4, 0.5) is 8.78 Å². The van der Waals surface area contributed by atoms with Gasteiger partial charge in [0, 0.05) is 34.3 Å². The van der Waals surface area contributed by atoms with Crippen LogP contribution in [0.5, 0.6) is 0 Å². The molecule has 0 bridgehead atoms. The quantitative estimate of drug-likeness (QED) is 0.371. The Morgan fingerprint density at radius 2 is 1.65 bits per heavy atom. The molecular weight excluding hydrogens is 443 g/mol. The summed E-state index contributed by atoms with van der Waals surface area (Å²) in [6.45, 7) is 0.0137. The fourth-order valence-corrected chi connectivity index (χ4v) is 3.62. The first-order valence-corrected chi connectivity index (χ1v) is 9.99. The Balaban J connectivity index is 1.45. The normalized spacial score (nSPS) is 10.8. The second kappa shape index (κ2) is 8.88. The maximum Gasteiger partial charge on any atom is 0.251 e. The number of halogens is 4. The van der Waals surface area contributed by atoms with Crippen LogP contribution in [0.15, 0.2) is 66.7 Å². The second-order valence-corrected chi connectivity index (χ2v) is 7.67. The Labute approximate surface area is 186 Å². The fourth-order valence-electron chi connectivity index (χ4n) is 3.11. The number of amides is 1. The van der Waals surface area contributed by atoms with Crippen molar-refractivity contribution in [1.82, 2.24) is 15.5 Å². The van der Waals surface area contributed by atoms with Gasteiger partial charge < -0.3 is 5.32 Å². The monoisotopic (exact) mass is 457 g/mol. The maximum atomic E-state index is 13.3. The number of aromatic amines is 1. The van der Waals surface area contributed by atoms with Crippen LogP contribution < -0.4 is 5.32 Å². The van der Waals surface area contributed by atoms with E-state index in [-0.39, 0.29) is 12.5 Å². The van der Waals surface area contributed by atoms with E-state index < -0.39 is 11.6 Å². The highest BCUT2D eigenvalue weighted by atomic mass is 35.5. The molecule has 0 aliphatic rings. The maximum absolute atomic E-state index is 13.3. The zero-order chi connectivity index (χ0) is 22.0. The Bertz CT molecular complexity index is 1240. The first-order valence-electron chi connectivity index (χ1n) is 9.23. The number of hydrogen-bond donors (Lipinski definition) is 2. The zero-order valence-electron chi connectivity index (χ0n) is 15.9. The first kappa shape index (κ1) is 21.0. The molecule has 0 saturated heterocycles. The Morgan fingerprint density at radius 3 is 2.32 bits per heavy atom. The van der Waals surface area contributed by atoms with Crippen molar-refractivity contribution in [1.29, 1.82) is 0 Å². The second-order valence-electron chi connectivity index (χ2n) is 6.83. The van der Waals surface area contributed by atoms with Gasteiger partial charge in [0.1, 0.15) is 11.6 Å². The lowest BCUT2D eigenvalue weighted by Crippen LogP contribution is -2.22. The lowest BCUT2D eigenvalue weighted by atomic mass is 10.1. The summed E-state index contributed by atoms with van der Waals surface area (Å²) in [5.41, 5.74) is 3.75. The molecule has 3 aromatic carbocycles. The summed E-state index contributed by atoms with van der Waals surface area (Å²) >= 11 is 12.2. The summed E-state index contributed by atoms with van der Waals surface area (Å²) in [5.74, 6) is -1.73. The van der Waals surface area contributed by atoms with Gasteiger partial charge in [-0.1, -0.05) is 35.3 Å². The Kier molecular flexibility index (Phi) is 6.02. The SMILES string of the molecule is O=C(NCc1cc(F)cc(F)c1)c1ccc(-c2cc(-c3ccc(Cl)cc3Cl)[nH]n2)cc1. The average molecular weight is 458 g/mol. The van der Waals surface area contributed by atoms with E-state index in [0.29, 0.717) is 26.9 Å². The number of nitrogens with one attached hydrogen (secondary N) is 2. The fraction of sp³-hybridized carbons (Fsp3) is 0.0435. The third kappa shape index (κ3) is 4.93. The van der Waals surface area contributed by atoms with Crippen molar-refractivity contribution in [2.24, 2.45) is 0 Å². The molecule has 1 aromatic heterocycles. The Morgan fingerprint density at radius 1 is 0.935 bits per heavy atom. The number of rotatable bonds is 5. The molecule has 0 atom stereocenters. The van der Waals surface area contributed by atoms with Gasteiger partial charge in [0.25, 0.3) is 5.91 Å². The molecule has 0 radical (unpaired) electrons. The number of carbonyl (C=O) groups excluding carboxylic acids is 1. The van der Waals surface area contributed by atoms with Crippen LogP contribution in [-0.4, -0.2) is 16.1 Å². The summed E-state index contributed by atoms with van der Waals surface area (Å²) in [7, 11) is 0. The third-order valence-electron chi connectivity index (χ3n) is 4.62. The van der Waals surface area contributed by atoms with Crippen molar-refractivity contribution in [3.8, 4) is 22.5 Å². The number of nitrogens with zero attached hydrogens (tertiary/aromatic N) is 1. The standard InChI is InChI=1S/C23H15Cl2F2N3O/c24-16-5-6-19(20(25)9-16)22-11-21(29-30-22)14-1-3-15(4-2-14)23(31)28-12-13-7-17(26)10-18(27)8-13/h1-11H,12H2,(H,28,31)(H,29,30). The van der Waals surface area contributed by atoms with Gasteiger partial charge >= 0.3 is 0 Å². The van der Waals surface area contributed by atoms with Gasteiger partial charge in [0.05, 0.1) is 16.4 Å². The van der Waals surface area contributed by atoms with Crippen molar-refractivity contribution in [3.05, 3.63) is 99.5 Å². The molecule has 4 rings (SSSR count). The van der Waals surface area contributed by atoms with Gasteiger partial charge in [-0.2, -0.15) is 5.10 Å². The van der Waals surface area contributed by atoms with Crippen molar-refractivity contribution in [2.45, 2.75) is 6.54 Å². The number of aromatic nitrogens is 2. The molecule has 156 valence electrons. The molecule has 0 aliphatic heterocycles. The first-order chi connectivity index (χ1) is 14.9. The zero-order valence-corrected chi connectivity index (χ0v) is 17.4. The van der Waals surface area contributed by atoms with Crippen molar-refractivity contribution >= 4 is 29.1 Å². The van der Waals surface area contributed by atoms with Gasteiger partial charge in [0.15, 0.2) is 0 Å². The lowest BCUT2D eigenvalue weighted by Gasteiger charge is -2.06. The average Bonchev–Trinajstić information content (AvgIpc) is 3.21. The van der Waals surface area contributed by atoms with E-state index in [2.05, 4.69) is 15.5 Å². The van der Waals surface area contributed by atoms with Crippen molar-refractivity contribution in [3.63, 3.8) is 0 Å². The van der Waals surface area contributed by atoms with E-state index >= 15 is 0 Å². The molecule has 0 fully saturated rings. The van der Waals surface area contributed by atoms with Crippen LogP contribution in [0.2, 0.25) is 10.0 Å².